The van der Waals surface area contributed by atoms with E-state index in [4.69, 9.17) is 11.6 Å². The van der Waals surface area contributed by atoms with E-state index in [1.807, 2.05) is 24.3 Å². The number of hydrogen-bond acceptors (Lipinski definition) is 2. The van der Waals surface area contributed by atoms with Crippen LogP contribution in [0.3, 0.4) is 0 Å². The van der Waals surface area contributed by atoms with Crippen LogP contribution in [0.15, 0.2) is 46.9 Å². The number of carbonyl (C=O) groups excluding carboxylic acids is 1. The Balaban J connectivity index is 1.85. The molecule has 1 aliphatic rings. The molecule has 0 aliphatic heterocycles. The third-order valence-corrected chi connectivity index (χ3v) is 4.47. The van der Waals surface area contributed by atoms with E-state index in [0.29, 0.717) is 17.0 Å². The number of hydrogen-bond donors (Lipinski definition) is 2. The quantitative estimate of drug-likeness (QED) is 0.855. The summed E-state index contributed by atoms with van der Waals surface area (Å²) in [6, 6.07) is 12.4. The van der Waals surface area contributed by atoms with E-state index in [1.54, 1.807) is 18.2 Å². The highest BCUT2D eigenvalue weighted by Gasteiger charge is 2.32. The molecular formula is C16H13BrClNO2. The molecule has 1 aliphatic carbocycles. The number of nitrogens with one attached hydrogen (secondary N) is 1. The van der Waals surface area contributed by atoms with E-state index in [2.05, 4.69) is 21.2 Å². The lowest BCUT2D eigenvalue weighted by Crippen LogP contribution is -2.34. The Kier molecular flexibility index (Phi) is 4.02. The largest absolute Gasteiger partial charge is 0.390 e. The van der Waals surface area contributed by atoms with Crippen molar-refractivity contribution in [3.63, 3.8) is 0 Å². The van der Waals surface area contributed by atoms with Crippen LogP contribution in [0.4, 0.5) is 0 Å². The highest BCUT2D eigenvalue weighted by atomic mass is 79.9. The molecule has 3 nitrogen and oxygen atoms in total. The minimum atomic E-state index is -0.611. The summed E-state index contributed by atoms with van der Waals surface area (Å²) in [6.07, 6.45) is -0.0598. The van der Waals surface area contributed by atoms with Gasteiger partial charge < -0.3 is 10.4 Å². The van der Waals surface area contributed by atoms with Crippen molar-refractivity contribution in [2.45, 2.75) is 18.6 Å². The molecule has 0 saturated heterocycles. The van der Waals surface area contributed by atoms with Gasteiger partial charge in [-0.15, -0.1) is 0 Å². The van der Waals surface area contributed by atoms with Crippen LogP contribution < -0.4 is 5.32 Å². The van der Waals surface area contributed by atoms with Gasteiger partial charge in [-0.25, -0.2) is 0 Å². The van der Waals surface area contributed by atoms with Crippen LogP contribution in [0.5, 0.6) is 0 Å². The lowest BCUT2D eigenvalue weighted by atomic mass is 10.1. The molecule has 21 heavy (non-hydrogen) atoms. The molecule has 0 saturated carbocycles. The standard InChI is InChI=1S/C16H13BrClNO2/c17-10-5-6-12(13(18)8-10)16(21)19-15-11-4-2-1-3-9(11)7-14(15)20/h1-6,8,14-15,20H,7H2,(H,19,21)/t14-,15+/m1/s1. The van der Waals surface area contributed by atoms with Crippen molar-refractivity contribution in [2.24, 2.45) is 0 Å². The first kappa shape index (κ1) is 14.6. The zero-order valence-corrected chi connectivity index (χ0v) is 13.4. The average molecular weight is 367 g/mol. The molecule has 0 bridgehead atoms. The summed E-state index contributed by atoms with van der Waals surface area (Å²) >= 11 is 9.40. The third-order valence-electron chi connectivity index (χ3n) is 3.67. The number of fused-ring (bicyclic) bond motifs is 1. The fraction of sp³-hybridized carbons (Fsp3) is 0.188. The van der Waals surface area contributed by atoms with Crippen LogP contribution in [0.25, 0.3) is 0 Å². The fourth-order valence-electron chi connectivity index (χ4n) is 2.64. The van der Waals surface area contributed by atoms with E-state index in [-0.39, 0.29) is 5.91 Å². The lowest BCUT2D eigenvalue weighted by molar-refractivity contribution is 0.0858. The highest BCUT2D eigenvalue weighted by Crippen LogP contribution is 2.32. The van der Waals surface area contributed by atoms with Crippen molar-refractivity contribution in [1.82, 2.24) is 5.32 Å². The second-order valence-electron chi connectivity index (χ2n) is 5.05. The monoisotopic (exact) mass is 365 g/mol. The van der Waals surface area contributed by atoms with E-state index in [1.165, 1.54) is 0 Å². The summed E-state index contributed by atoms with van der Waals surface area (Å²) in [4.78, 5) is 12.4. The maximum atomic E-state index is 12.4. The smallest absolute Gasteiger partial charge is 0.253 e. The van der Waals surface area contributed by atoms with E-state index in [9.17, 15) is 9.90 Å². The molecule has 108 valence electrons. The van der Waals surface area contributed by atoms with Crippen LogP contribution in [0.1, 0.15) is 27.5 Å². The Morgan fingerprint density at radius 1 is 1.29 bits per heavy atom. The van der Waals surface area contributed by atoms with Gasteiger partial charge in [0.15, 0.2) is 0 Å². The van der Waals surface area contributed by atoms with Crippen LogP contribution in [0.2, 0.25) is 5.02 Å². The van der Waals surface area contributed by atoms with Gasteiger partial charge in [0.1, 0.15) is 0 Å². The number of carbonyl (C=O) groups is 1. The molecule has 1 amide bonds. The summed E-state index contributed by atoms with van der Waals surface area (Å²) in [6.45, 7) is 0. The van der Waals surface area contributed by atoms with Crippen molar-refractivity contribution in [2.75, 3.05) is 0 Å². The van der Waals surface area contributed by atoms with Crippen molar-refractivity contribution in [3.05, 3.63) is 68.7 Å². The minimum Gasteiger partial charge on any atom is -0.390 e. The molecule has 2 N–H and O–H groups in total. The predicted molar refractivity (Wildman–Crippen MR) is 85.5 cm³/mol. The first-order valence-electron chi connectivity index (χ1n) is 6.58. The molecule has 2 aromatic rings. The molecule has 0 heterocycles. The number of aliphatic hydroxyl groups is 1. The Labute approximate surface area is 136 Å². The molecule has 5 heteroatoms. The van der Waals surface area contributed by atoms with E-state index in [0.717, 1.165) is 15.6 Å². The van der Waals surface area contributed by atoms with Crippen LogP contribution >= 0.6 is 27.5 Å². The molecular weight excluding hydrogens is 354 g/mol. The number of halogens is 2. The molecule has 0 unspecified atom stereocenters. The third kappa shape index (κ3) is 2.84. The second-order valence-corrected chi connectivity index (χ2v) is 6.37. The zero-order valence-electron chi connectivity index (χ0n) is 11.0. The molecule has 0 radical (unpaired) electrons. The molecule has 0 spiro atoms. The topological polar surface area (TPSA) is 49.3 Å². The highest BCUT2D eigenvalue weighted by molar-refractivity contribution is 9.10. The van der Waals surface area contributed by atoms with Gasteiger partial charge in [0.2, 0.25) is 0 Å². The number of benzene rings is 2. The van der Waals surface area contributed by atoms with Crippen molar-refractivity contribution in [3.8, 4) is 0 Å². The number of aliphatic hydroxyl groups excluding tert-OH is 1. The van der Waals surface area contributed by atoms with E-state index >= 15 is 0 Å². The normalized spacial score (nSPS) is 20.1. The maximum absolute atomic E-state index is 12.4. The molecule has 3 rings (SSSR count). The SMILES string of the molecule is O=C(N[C@H]1c2ccccc2C[C@H]1O)c1ccc(Br)cc1Cl. The fourth-order valence-corrected chi connectivity index (χ4v) is 3.40. The molecule has 2 atom stereocenters. The Hall–Kier alpha value is -1.36. The van der Waals surface area contributed by atoms with Crippen molar-refractivity contribution in [1.29, 1.82) is 0 Å². The second kappa shape index (κ2) is 5.79. The van der Waals surface area contributed by atoms with Gasteiger partial charge in [-0.1, -0.05) is 51.8 Å². The van der Waals surface area contributed by atoms with Gasteiger partial charge >= 0.3 is 0 Å². The van der Waals surface area contributed by atoms with Gasteiger partial charge in [0.25, 0.3) is 5.91 Å². The summed E-state index contributed by atoms with van der Waals surface area (Å²) in [7, 11) is 0. The first-order chi connectivity index (χ1) is 10.1. The zero-order chi connectivity index (χ0) is 15.0. The van der Waals surface area contributed by atoms with E-state index < -0.39 is 12.1 Å². The molecule has 2 aromatic carbocycles. The lowest BCUT2D eigenvalue weighted by Gasteiger charge is -2.18. The molecule has 0 fully saturated rings. The summed E-state index contributed by atoms with van der Waals surface area (Å²) in [5, 5.41) is 13.4. The molecule has 0 aromatic heterocycles. The summed E-state index contributed by atoms with van der Waals surface area (Å²) in [5.41, 5.74) is 2.43. The van der Waals surface area contributed by atoms with Crippen LogP contribution in [0, 0.1) is 0 Å². The Morgan fingerprint density at radius 2 is 2.05 bits per heavy atom. The van der Waals surface area contributed by atoms with Gasteiger partial charge in [0, 0.05) is 10.9 Å². The van der Waals surface area contributed by atoms with Gasteiger partial charge in [0.05, 0.1) is 22.7 Å². The van der Waals surface area contributed by atoms with Gasteiger partial charge in [-0.2, -0.15) is 0 Å². The van der Waals surface area contributed by atoms with Crippen LogP contribution in [-0.4, -0.2) is 17.1 Å². The number of rotatable bonds is 2. The summed E-state index contributed by atoms with van der Waals surface area (Å²) < 4.78 is 0.815. The Morgan fingerprint density at radius 3 is 2.81 bits per heavy atom. The predicted octanol–water partition coefficient (Wildman–Crippen LogP) is 3.49. The van der Waals surface area contributed by atoms with Gasteiger partial charge in [-0.3, -0.25) is 4.79 Å². The van der Waals surface area contributed by atoms with Crippen LogP contribution in [-0.2, 0) is 6.42 Å². The average Bonchev–Trinajstić information content (AvgIpc) is 2.75. The minimum absolute atomic E-state index is 0.284. The van der Waals surface area contributed by atoms with Gasteiger partial charge in [-0.05, 0) is 29.3 Å². The van der Waals surface area contributed by atoms with Crippen molar-refractivity contribution >= 4 is 33.4 Å². The maximum Gasteiger partial charge on any atom is 0.253 e. The van der Waals surface area contributed by atoms with Crippen molar-refractivity contribution < 1.29 is 9.90 Å². The number of amides is 1. The summed E-state index contributed by atoms with van der Waals surface area (Å²) in [5.74, 6) is -0.284. The first-order valence-corrected chi connectivity index (χ1v) is 7.75. The Bertz CT molecular complexity index is 704.